The first-order chi connectivity index (χ1) is 21.1. The van der Waals surface area contributed by atoms with Crippen LogP contribution in [0, 0.1) is 13.8 Å². The second-order valence-electron chi connectivity index (χ2n) is 10.9. The summed E-state index contributed by atoms with van der Waals surface area (Å²) in [6, 6.07) is 31.8. The zero-order chi connectivity index (χ0) is 30.9. The molecule has 2 heterocycles. The van der Waals surface area contributed by atoms with E-state index in [-0.39, 0.29) is 27.5 Å². The van der Waals surface area contributed by atoms with Gasteiger partial charge in [-0.25, -0.2) is 21.3 Å². The molecule has 6 rings (SSSR count). The van der Waals surface area contributed by atoms with Crippen molar-refractivity contribution < 1.29 is 26.0 Å². The zero-order valence-corrected chi connectivity index (χ0v) is 25.9. The predicted octanol–water partition coefficient (Wildman–Crippen LogP) is 6.94. The highest BCUT2D eigenvalue weighted by molar-refractivity contribution is 7.95. The summed E-state index contributed by atoms with van der Waals surface area (Å²) in [6.45, 7) is 3.81. The van der Waals surface area contributed by atoms with Crippen LogP contribution < -0.4 is 0 Å². The van der Waals surface area contributed by atoms with Gasteiger partial charge in [0.25, 0.3) is 0 Å². The molecular formula is C36H31O6S2+. The number of ketones is 1. The monoisotopic (exact) mass is 623 g/mol. The van der Waals surface area contributed by atoms with Gasteiger partial charge >= 0.3 is 11.5 Å². The summed E-state index contributed by atoms with van der Waals surface area (Å²) in [6.07, 6.45) is 1.15. The molecule has 8 heteroatoms. The van der Waals surface area contributed by atoms with Crippen molar-refractivity contribution in [1.82, 2.24) is 0 Å². The average Bonchev–Trinajstić information content (AvgIpc) is 3.67. The van der Waals surface area contributed by atoms with Crippen LogP contribution in [0.2, 0.25) is 0 Å². The van der Waals surface area contributed by atoms with Gasteiger partial charge in [-0.15, -0.1) is 0 Å². The lowest BCUT2D eigenvalue weighted by molar-refractivity contribution is -0.194. The molecule has 0 saturated heterocycles. The normalized spacial score (nSPS) is 18.5. The van der Waals surface area contributed by atoms with E-state index >= 15 is 0 Å². The largest absolute Gasteiger partial charge is 0.484 e. The second-order valence-corrected chi connectivity index (χ2v) is 15.0. The van der Waals surface area contributed by atoms with E-state index in [9.17, 15) is 16.8 Å². The Morgan fingerprint density at radius 2 is 1.25 bits per heavy atom. The number of hydrogen-bond acceptors (Lipinski definition) is 5. The Kier molecular flexibility index (Phi) is 7.99. The van der Waals surface area contributed by atoms with E-state index in [0.717, 1.165) is 11.1 Å². The number of carbonyl (C=O) groups excluding carboxylic acids is 1. The van der Waals surface area contributed by atoms with Crippen LogP contribution in [0.4, 0.5) is 0 Å². The molecule has 0 fully saturated rings. The van der Waals surface area contributed by atoms with Gasteiger partial charge in [0.1, 0.15) is 18.3 Å². The molecular weight excluding hydrogens is 593 g/mol. The third kappa shape index (κ3) is 5.84. The number of rotatable bonds is 7. The Bertz CT molecular complexity index is 2040. The maximum Gasteiger partial charge on any atom is 0.374 e. The molecule has 0 aromatic heterocycles. The lowest BCUT2D eigenvalue weighted by Gasteiger charge is -2.09. The lowest BCUT2D eigenvalue weighted by Crippen LogP contribution is -2.28. The van der Waals surface area contributed by atoms with Gasteiger partial charge in [0.05, 0.1) is 20.3 Å². The van der Waals surface area contributed by atoms with Crippen molar-refractivity contribution in [3.8, 4) is 0 Å². The van der Waals surface area contributed by atoms with Crippen LogP contribution in [-0.4, -0.2) is 34.0 Å². The summed E-state index contributed by atoms with van der Waals surface area (Å²) in [5.41, 5.74) is 6.36. The minimum Gasteiger partial charge on any atom is -0.484 e. The first-order valence-corrected chi connectivity index (χ1v) is 17.3. The average molecular weight is 624 g/mol. The van der Waals surface area contributed by atoms with Gasteiger partial charge in [-0.1, -0.05) is 83.9 Å². The van der Waals surface area contributed by atoms with Crippen molar-refractivity contribution in [1.29, 1.82) is 0 Å². The third-order valence-corrected chi connectivity index (χ3v) is 11.7. The number of hydrogen-bond donors (Lipinski definition) is 0. The highest BCUT2D eigenvalue weighted by Crippen LogP contribution is 2.39. The molecule has 0 amide bonds. The van der Waals surface area contributed by atoms with E-state index in [0.29, 0.717) is 28.4 Å². The van der Waals surface area contributed by atoms with E-state index in [1.54, 1.807) is 54.6 Å². The highest BCUT2D eigenvalue weighted by atomic mass is 32.2. The van der Waals surface area contributed by atoms with Crippen molar-refractivity contribution in [2.75, 3.05) is 0 Å². The number of aryl methyl sites for hydroxylation is 2. The molecule has 222 valence electrons. The van der Waals surface area contributed by atoms with Gasteiger partial charge in [-0.05, 0) is 56.0 Å². The molecule has 2 unspecified atom stereocenters. The Labute approximate surface area is 258 Å². The quantitative estimate of drug-likeness (QED) is 0.164. The molecule has 4 aromatic carbocycles. The Hall–Kier alpha value is -4.49. The Morgan fingerprint density at radius 1 is 0.705 bits per heavy atom. The first-order valence-electron chi connectivity index (χ1n) is 14.3. The summed E-state index contributed by atoms with van der Waals surface area (Å²) in [5.74, 6) is 0.965. The second kappa shape index (κ2) is 11.9. The zero-order valence-electron chi connectivity index (χ0n) is 24.3. The summed E-state index contributed by atoms with van der Waals surface area (Å²) in [5, 5.41) is -0.941. The molecule has 2 aliphatic rings. The molecule has 0 bridgehead atoms. The van der Waals surface area contributed by atoms with E-state index in [2.05, 4.69) is 5.73 Å². The molecule has 0 spiro atoms. The SMILES string of the molecule is Cc1ccc(S(=O)(=O)C2=C(c3ccccc3)OC(C=C=C3CC(S(=O)(=O)c4ccc(C)cc4)C(c4ccccc4)=[O+]3)C2)cc1. The molecule has 6 nitrogen and oxygen atoms in total. The minimum absolute atomic E-state index is 0.0805. The van der Waals surface area contributed by atoms with E-state index in [4.69, 9.17) is 9.16 Å². The summed E-state index contributed by atoms with van der Waals surface area (Å²) in [4.78, 5) is 0.602. The predicted molar refractivity (Wildman–Crippen MR) is 170 cm³/mol. The molecule has 4 aromatic rings. The van der Waals surface area contributed by atoms with Crippen LogP contribution in [0.25, 0.3) is 5.76 Å². The smallest absolute Gasteiger partial charge is 0.374 e. The fourth-order valence-corrected chi connectivity index (χ4v) is 8.56. The van der Waals surface area contributed by atoms with Crippen molar-refractivity contribution >= 4 is 31.2 Å². The van der Waals surface area contributed by atoms with Crippen LogP contribution in [-0.2, 0) is 24.4 Å². The molecule has 2 aliphatic heterocycles. The number of sulfone groups is 2. The van der Waals surface area contributed by atoms with Gasteiger partial charge in [0, 0.05) is 18.1 Å². The third-order valence-electron chi connectivity index (χ3n) is 7.71. The number of ether oxygens (including phenoxy) is 1. The van der Waals surface area contributed by atoms with Gasteiger partial charge in [-0.3, -0.25) is 0 Å². The molecule has 0 radical (unpaired) electrons. The van der Waals surface area contributed by atoms with Crippen molar-refractivity contribution in [2.45, 2.75) is 47.8 Å². The van der Waals surface area contributed by atoms with Crippen LogP contribution in [0.15, 0.2) is 141 Å². The molecule has 0 aliphatic carbocycles. The van der Waals surface area contributed by atoms with Crippen LogP contribution in [0.5, 0.6) is 0 Å². The highest BCUT2D eigenvalue weighted by Gasteiger charge is 2.48. The van der Waals surface area contributed by atoms with Gasteiger partial charge in [0.2, 0.25) is 9.84 Å². The van der Waals surface area contributed by atoms with Gasteiger partial charge in [0.15, 0.2) is 15.1 Å². The van der Waals surface area contributed by atoms with Crippen molar-refractivity contribution in [2.24, 2.45) is 0 Å². The molecule has 2 atom stereocenters. The molecule has 0 N–H and O–H groups in total. The van der Waals surface area contributed by atoms with Gasteiger partial charge < -0.3 is 4.74 Å². The summed E-state index contributed by atoms with van der Waals surface area (Å²) in [7, 11) is -7.63. The van der Waals surface area contributed by atoms with Crippen molar-refractivity contribution in [3.05, 3.63) is 154 Å². The maximum absolute atomic E-state index is 13.8. The van der Waals surface area contributed by atoms with Crippen molar-refractivity contribution in [3.63, 3.8) is 0 Å². The van der Waals surface area contributed by atoms with Crippen LogP contribution in [0.3, 0.4) is 0 Å². The van der Waals surface area contributed by atoms with E-state index in [1.165, 1.54) is 0 Å². The standard InChI is InChI=1S/C36H31O6S2/c1-25-13-19-31(20-14-25)43(37,38)33-23-29(41-35(33)27-9-5-3-6-10-27)17-18-30-24-34(36(42-30)28-11-7-4-8-12-28)44(39,40)32-21-15-26(2)16-22-32/h3-17,19-22,29,34H,23-24H2,1-2H3/q+1. The maximum atomic E-state index is 13.8. The lowest BCUT2D eigenvalue weighted by atomic mass is 10.1. The Balaban J connectivity index is 1.36. The topological polar surface area (TPSA) is 88.8 Å². The Morgan fingerprint density at radius 3 is 1.84 bits per heavy atom. The summed E-state index contributed by atoms with van der Waals surface area (Å²) >= 11 is 0. The van der Waals surface area contributed by atoms with E-state index < -0.39 is 31.0 Å². The minimum atomic E-state index is -3.84. The fourth-order valence-electron chi connectivity index (χ4n) is 5.30. The van der Waals surface area contributed by atoms with E-state index in [1.807, 2.05) is 74.5 Å². The molecule has 44 heavy (non-hydrogen) atoms. The van der Waals surface area contributed by atoms with Gasteiger partial charge in [-0.2, -0.15) is 0 Å². The fraction of sp³-hybridized carbons (Fsp3) is 0.167. The summed E-state index contributed by atoms with van der Waals surface area (Å²) < 4.78 is 67.5. The van der Waals surface area contributed by atoms with Crippen LogP contribution >= 0.6 is 0 Å². The van der Waals surface area contributed by atoms with Crippen LogP contribution in [0.1, 0.15) is 39.5 Å². The molecule has 0 saturated carbocycles. The number of benzene rings is 4. The first kappa shape index (κ1) is 29.6.